The van der Waals surface area contributed by atoms with Gasteiger partial charge in [-0.1, -0.05) is 37.8 Å². The summed E-state index contributed by atoms with van der Waals surface area (Å²) in [5.41, 5.74) is 0.722. The van der Waals surface area contributed by atoms with Gasteiger partial charge in [-0.15, -0.1) is 0 Å². The zero-order valence-corrected chi connectivity index (χ0v) is 18.7. The third-order valence-electron chi connectivity index (χ3n) is 5.61. The maximum absolute atomic E-state index is 12.3. The summed E-state index contributed by atoms with van der Waals surface area (Å²) in [6, 6.07) is 6.94. The summed E-state index contributed by atoms with van der Waals surface area (Å²) < 4.78 is 5.40. The molecule has 1 saturated carbocycles. The maximum Gasteiger partial charge on any atom is 0.227 e. The van der Waals surface area contributed by atoms with E-state index < -0.39 is 5.54 Å². The summed E-state index contributed by atoms with van der Waals surface area (Å²) in [4.78, 5) is 40.1. The van der Waals surface area contributed by atoms with Gasteiger partial charge < -0.3 is 20.5 Å². The first-order valence-corrected chi connectivity index (χ1v) is 11.2. The number of nitrogens with one attached hydrogen (secondary N) is 3. The van der Waals surface area contributed by atoms with Crippen molar-refractivity contribution in [2.45, 2.75) is 77.2 Å². The molecule has 0 unspecified atom stereocenters. The van der Waals surface area contributed by atoms with E-state index in [-0.39, 0.29) is 24.1 Å². The van der Waals surface area contributed by atoms with Crippen molar-refractivity contribution in [3.05, 3.63) is 36.0 Å². The quantitative estimate of drug-likeness (QED) is 0.537. The monoisotopic (exact) mass is 441 g/mol. The molecule has 1 aliphatic rings. The highest BCUT2D eigenvalue weighted by Crippen LogP contribution is 2.34. The van der Waals surface area contributed by atoms with Crippen molar-refractivity contribution in [2.24, 2.45) is 0 Å². The Labute approximate surface area is 187 Å². The van der Waals surface area contributed by atoms with Crippen LogP contribution in [-0.2, 0) is 26.3 Å². The largest absolute Gasteiger partial charge is 0.343 e. The summed E-state index contributed by atoms with van der Waals surface area (Å²) in [5, 5.41) is 12.8. The molecule has 2 aromatic rings. The molecule has 3 rings (SSSR count). The van der Waals surface area contributed by atoms with Gasteiger partial charge in [0.2, 0.25) is 23.6 Å². The fourth-order valence-electron chi connectivity index (χ4n) is 3.95. The molecular weight excluding hydrogens is 410 g/mol. The predicted octanol–water partition coefficient (Wildman–Crippen LogP) is 3.68. The van der Waals surface area contributed by atoms with Crippen molar-refractivity contribution in [3.8, 4) is 0 Å². The molecular formula is C23H31N5O4. The third-order valence-corrected chi connectivity index (χ3v) is 5.61. The molecule has 0 saturated heterocycles. The summed E-state index contributed by atoms with van der Waals surface area (Å²) in [7, 11) is 0. The fraction of sp³-hybridized carbons (Fsp3) is 0.522. The molecule has 0 atom stereocenters. The lowest BCUT2D eigenvalue weighted by molar-refractivity contribution is -0.121. The van der Waals surface area contributed by atoms with E-state index in [1.165, 1.54) is 6.92 Å². The Balaban J connectivity index is 1.56. The van der Waals surface area contributed by atoms with Gasteiger partial charge in [0.15, 0.2) is 5.82 Å². The lowest BCUT2D eigenvalue weighted by Gasteiger charge is -2.30. The molecule has 1 aromatic carbocycles. The molecule has 1 fully saturated rings. The Hall–Kier alpha value is -3.23. The highest BCUT2D eigenvalue weighted by Gasteiger charge is 2.38. The minimum Gasteiger partial charge on any atom is -0.343 e. The van der Waals surface area contributed by atoms with Gasteiger partial charge in [-0.3, -0.25) is 14.4 Å². The second-order valence-electron chi connectivity index (χ2n) is 8.22. The minimum atomic E-state index is -0.596. The van der Waals surface area contributed by atoms with Crippen molar-refractivity contribution in [1.82, 2.24) is 15.5 Å². The lowest BCUT2D eigenvalue weighted by atomic mass is 9.89. The smallest absolute Gasteiger partial charge is 0.227 e. The van der Waals surface area contributed by atoms with E-state index in [1.54, 1.807) is 31.2 Å². The first-order chi connectivity index (χ1) is 15.4. The molecule has 32 heavy (non-hydrogen) atoms. The van der Waals surface area contributed by atoms with Crippen LogP contribution >= 0.6 is 0 Å². The molecule has 1 aliphatic carbocycles. The van der Waals surface area contributed by atoms with Crippen LogP contribution in [0.15, 0.2) is 28.8 Å². The van der Waals surface area contributed by atoms with Gasteiger partial charge in [-0.2, -0.15) is 4.98 Å². The number of hydrogen-bond donors (Lipinski definition) is 3. The predicted molar refractivity (Wildman–Crippen MR) is 120 cm³/mol. The zero-order chi connectivity index (χ0) is 23.0. The van der Waals surface area contributed by atoms with E-state index in [0.29, 0.717) is 35.9 Å². The van der Waals surface area contributed by atoms with E-state index >= 15 is 0 Å². The minimum absolute atomic E-state index is 0.0650. The van der Waals surface area contributed by atoms with Crippen LogP contribution in [0.2, 0.25) is 0 Å². The van der Waals surface area contributed by atoms with Gasteiger partial charge >= 0.3 is 0 Å². The van der Waals surface area contributed by atoms with Crippen LogP contribution < -0.4 is 16.0 Å². The van der Waals surface area contributed by atoms with Crippen molar-refractivity contribution < 1.29 is 18.9 Å². The number of carbonyl (C=O) groups is 3. The van der Waals surface area contributed by atoms with E-state index in [9.17, 15) is 14.4 Å². The molecule has 9 heteroatoms. The lowest BCUT2D eigenvalue weighted by Crippen LogP contribution is -2.45. The number of amides is 3. The SMILES string of the molecule is CCC(=O)Nc1ccc(NC(=O)CCc2nc(C3(NC(C)=O)CCCCCC3)no2)cc1. The summed E-state index contributed by atoms with van der Waals surface area (Å²) in [5.74, 6) is 0.514. The van der Waals surface area contributed by atoms with Crippen LogP contribution in [0.4, 0.5) is 11.4 Å². The van der Waals surface area contributed by atoms with Gasteiger partial charge in [0, 0.05) is 37.6 Å². The molecule has 1 aromatic heterocycles. The van der Waals surface area contributed by atoms with Crippen LogP contribution in [-0.4, -0.2) is 27.9 Å². The fourth-order valence-corrected chi connectivity index (χ4v) is 3.95. The van der Waals surface area contributed by atoms with Crippen molar-refractivity contribution in [1.29, 1.82) is 0 Å². The van der Waals surface area contributed by atoms with Gasteiger partial charge in [-0.05, 0) is 37.1 Å². The van der Waals surface area contributed by atoms with E-state index in [0.717, 1.165) is 38.5 Å². The number of aryl methyl sites for hydroxylation is 1. The molecule has 9 nitrogen and oxygen atoms in total. The molecule has 0 spiro atoms. The number of rotatable bonds is 8. The Morgan fingerprint density at radius 2 is 1.56 bits per heavy atom. The second kappa shape index (κ2) is 10.9. The normalized spacial score (nSPS) is 15.4. The third kappa shape index (κ3) is 6.38. The zero-order valence-electron chi connectivity index (χ0n) is 18.7. The number of benzene rings is 1. The number of aromatic nitrogens is 2. The Bertz CT molecular complexity index is 930. The average molecular weight is 442 g/mol. The second-order valence-corrected chi connectivity index (χ2v) is 8.22. The molecule has 0 bridgehead atoms. The van der Waals surface area contributed by atoms with E-state index in [1.807, 2.05) is 0 Å². The van der Waals surface area contributed by atoms with E-state index in [4.69, 9.17) is 4.52 Å². The Kier molecular flexibility index (Phi) is 7.97. The van der Waals surface area contributed by atoms with Gasteiger partial charge in [0.1, 0.15) is 5.54 Å². The Morgan fingerprint density at radius 3 is 2.12 bits per heavy atom. The number of hydrogen-bond acceptors (Lipinski definition) is 6. The topological polar surface area (TPSA) is 126 Å². The molecule has 0 radical (unpaired) electrons. The Morgan fingerprint density at radius 1 is 0.969 bits per heavy atom. The van der Waals surface area contributed by atoms with Crippen LogP contribution in [0, 0.1) is 0 Å². The first-order valence-electron chi connectivity index (χ1n) is 11.2. The highest BCUT2D eigenvalue weighted by atomic mass is 16.5. The first kappa shape index (κ1) is 23.4. The van der Waals surface area contributed by atoms with Gasteiger partial charge in [0.05, 0.1) is 0 Å². The molecule has 3 N–H and O–H groups in total. The average Bonchev–Trinajstić information content (AvgIpc) is 3.13. The summed E-state index contributed by atoms with van der Waals surface area (Å²) in [6.45, 7) is 3.29. The van der Waals surface area contributed by atoms with Crippen LogP contribution in [0.5, 0.6) is 0 Å². The van der Waals surface area contributed by atoms with Crippen LogP contribution in [0.25, 0.3) is 0 Å². The number of carbonyl (C=O) groups excluding carboxylic acids is 3. The van der Waals surface area contributed by atoms with Crippen molar-refractivity contribution in [3.63, 3.8) is 0 Å². The van der Waals surface area contributed by atoms with Crippen molar-refractivity contribution in [2.75, 3.05) is 10.6 Å². The maximum atomic E-state index is 12.3. The standard InChI is InChI=1S/C23H31N5O4/c1-3-19(30)24-17-8-10-18(11-9-17)25-20(31)12-13-21-26-22(28-32-21)23(27-16(2)29)14-6-4-5-7-15-23/h8-11H,3-7,12-15H2,1-2H3,(H,24,30)(H,25,31)(H,27,29). The number of nitrogens with zero attached hydrogens (tertiary/aromatic N) is 2. The molecule has 172 valence electrons. The van der Waals surface area contributed by atoms with Gasteiger partial charge in [-0.25, -0.2) is 0 Å². The van der Waals surface area contributed by atoms with Crippen LogP contribution in [0.1, 0.15) is 76.9 Å². The van der Waals surface area contributed by atoms with Gasteiger partial charge in [0.25, 0.3) is 0 Å². The molecule has 0 aliphatic heterocycles. The van der Waals surface area contributed by atoms with Crippen molar-refractivity contribution >= 4 is 29.1 Å². The van der Waals surface area contributed by atoms with E-state index in [2.05, 4.69) is 26.1 Å². The summed E-state index contributed by atoms with van der Waals surface area (Å²) >= 11 is 0. The van der Waals surface area contributed by atoms with Crippen LogP contribution in [0.3, 0.4) is 0 Å². The molecule has 1 heterocycles. The highest BCUT2D eigenvalue weighted by molar-refractivity contribution is 5.92. The molecule has 3 amide bonds. The summed E-state index contributed by atoms with van der Waals surface area (Å²) in [6.07, 6.45) is 6.68. The number of anilines is 2.